The third kappa shape index (κ3) is 2.21. The molecule has 11 heavy (non-hydrogen) atoms. The van der Waals surface area contributed by atoms with Gasteiger partial charge in [0, 0.05) is 5.71 Å². The standard InChI is InChI=1S/C10H13N/c1-2-3-6-9-7-4-5-8-10(9)11/h3,6,11H,1,4-5,7-8H2/b9-6+,11-10?. The molecule has 0 aliphatic heterocycles. The summed E-state index contributed by atoms with van der Waals surface area (Å²) in [6.45, 7) is 3.47. The Kier molecular flexibility index (Phi) is 2.88. The van der Waals surface area contributed by atoms with Crippen molar-refractivity contribution in [2.45, 2.75) is 25.7 Å². The summed E-state index contributed by atoms with van der Waals surface area (Å²) in [5.74, 6) is 0. The summed E-state index contributed by atoms with van der Waals surface area (Å²) >= 11 is 0. The van der Waals surface area contributed by atoms with Crippen LogP contribution < -0.4 is 0 Å². The normalized spacial score (nSPS) is 21.5. The fourth-order valence-electron chi connectivity index (χ4n) is 1.27. The summed E-state index contributed by atoms with van der Waals surface area (Å²) in [6, 6.07) is 0. The summed E-state index contributed by atoms with van der Waals surface area (Å²) in [4.78, 5) is 0. The van der Waals surface area contributed by atoms with Gasteiger partial charge in [-0.1, -0.05) is 6.58 Å². The molecule has 0 saturated heterocycles. The van der Waals surface area contributed by atoms with Crippen LogP contribution in [0.5, 0.6) is 0 Å². The number of nitrogens with one attached hydrogen (secondary N) is 1. The summed E-state index contributed by atoms with van der Waals surface area (Å²) < 4.78 is 0. The molecule has 1 heteroatoms. The molecule has 1 rings (SSSR count). The molecule has 0 radical (unpaired) electrons. The van der Waals surface area contributed by atoms with E-state index >= 15 is 0 Å². The lowest BCUT2D eigenvalue weighted by Crippen LogP contribution is -2.06. The number of hydrogen-bond donors (Lipinski definition) is 1. The average molecular weight is 147 g/mol. The van der Waals surface area contributed by atoms with Crippen LogP contribution in [0.25, 0.3) is 0 Å². The van der Waals surface area contributed by atoms with Crippen LogP contribution in [0.3, 0.4) is 0 Å². The van der Waals surface area contributed by atoms with Crippen molar-refractivity contribution in [3.8, 4) is 0 Å². The van der Waals surface area contributed by atoms with Crippen molar-refractivity contribution < 1.29 is 0 Å². The van der Waals surface area contributed by atoms with Crippen molar-refractivity contribution in [3.63, 3.8) is 0 Å². The molecular formula is C10H13N. The largest absolute Gasteiger partial charge is 0.305 e. The Bertz CT molecular complexity index is 229. The zero-order valence-electron chi connectivity index (χ0n) is 6.69. The maximum Gasteiger partial charge on any atom is 0.0346 e. The highest BCUT2D eigenvalue weighted by Gasteiger charge is 2.09. The molecule has 1 aliphatic rings. The van der Waals surface area contributed by atoms with Gasteiger partial charge >= 0.3 is 0 Å². The lowest BCUT2D eigenvalue weighted by atomic mass is 9.93. The minimum absolute atomic E-state index is 0.794. The molecule has 0 spiro atoms. The number of allylic oxidation sites excluding steroid dienone is 3. The van der Waals surface area contributed by atoms with Gasteiger partial charge in [-0.05, 0) is 43.4 Å². The summed E-state index contributed by atoms with van der Waals surface area (Å²) in [5, 5.41) is 7.59. The number of hydrogen-bond acceptors (Lipinski definition) is 1. The van der Waals surface area contributed by atoms with Gasteiger partial charge in [-0.3, -0.25) is 0 Å². The Morgan fingerprint density at radius 2 is 2.09 bits per heavy atom. The van der Waals surface area contributed by atoms with Crippen LogP contribution in [0, 0.1) is 5.41 Å². The summed E-state index contributed by atoms with van der Waals surface area (Å²) in [6.07, 6.45) is 8.13. The maximum absolute atomic E-state index is 7.59. The van der Waals surface area contributed by atoms with E-state index in [1.54, 1.807) is 6.08 Å². The highest BCUT2D eigenvalue weighted by Crippen LogP contribution is 2.19. The van der Waals surface area contributed by atoms with Gasteiger partial charge in [-0.2, -0.15) is 0 Å². The SMILES string of the molecule is C=C=C/C=C1\CCCCC1=N. The molecule has 0 aromatic heterocycles. The minimum atomic E-state index is 0.794. The van der Waals surface area contributed by atoms with Gasteiger partial charge in [0.2, 0.25) is 0 Å². The van der Waals surface area contributed by atoms with Gasteiger partial charge in [-0.15, -0.1) is 5.73 Å². The van der Waals surface area contributed by atoms with Crippen molar-refractivity contribution in [2.24, 2.45) is 0 Å². The van der Waals surface area contributed by atoms with E-state index in [4.69, 9.17) is 5.41 Å². The first-order valence-corrected chi connectivity index (χ1v) is 3.97. The molecular weight excluding hydrogens is 134 g/mol. The van der Waals surface area contributed by atoms with E-state index in [1.807, 2.05) is 6.08 Å². The quantitative estimate of drug-likeness (QED) is 0.551. The topological polar surface area (TPSA) is 23.9 Å². The second-order valence-electron chi connectivity index (χ2n) is 2.75. The first-order valence-electron chi connectivity index (χ1n) is 3.97. The second kappa shape index (κ2) is 3.95. The molecule has 1 saturated carbocycles. The van der Waals surface area contributed by atoms with E-state index in [0.717, 1.165) is 24.1 Å². The zero-order valence-corrected chi connectivity index (χ0v) is 6.69. The molecule has 1 nitrogen and oxygen atoms in total. The molecule has 0 bridgehead atoms. The molecule has 1 fully saturated rings. The van der Waals surface area contributed by atoms with Crippen LogP contribution in [0.2, 0.25) is 0 Å². The van der Waals surface area contributed by atoms with E-state index in [-0.39, 0.29) is 0 Å². The van der Waals surface area contributed by atoms with Gasteiger partial charge < -0.3 is 5.41 Å². The second-order valence-corrected chi connectivity index (χ2v) is 2.75. The predicted octanol–water partition coefficient (Wildman–Crippen LogP) is 2.85. The summed E-state index contributed by atoms with van der Waals surface area (Å²) in [7, 11) is 0. The van der Waals surface area contributed by atoms with Crippen molar-refractivity contribution in [3.05, 3.63) is 30.0 Å². The Hall–Kier alpha value is -1.07. The molecule has 0 atom stereocenters. The monoisotopic (exact) mass is 147 g/mol. The van der Waals surface area contributed by atoms with Crippen LogP contribution >= 0.6 is 0 Å². The van der Waals surface area contributed by atoms with Gasteiger partial charge in [0.15, 0.2) is 0 Å². The van der Waals surface area contributed by atoms with Crippen molar-refractivity contribution in [1.82, 2.24) is 0 Å². The van der Waals surface area contributed by atoms with Crippen molar-refractivity contribution in [1.29, 1.82) is 5.41 Å². The maximum atomic E-state index is 7.59. The van der Waals surface area contributed by atoms with E-state index in [2.05, 4.69) is 12.3 Å². The molecule has 58 valence electrons. The molecule has 1 N–H and O–H groups in total. The fourth-order valence-corrected chi connectivity index (χ4v) is 1.27. The number of rotatable bonds is 1. The Balaban J connectivity index is 2.68. The molecule has 1 aliphatic carbocycles. The lowest BCUT2D eigenvalue weighted by Gasteiger charge is -2.13. The van der Waals surface area contributed by atoms with Crippen LogP contribution in [0.1, 0.15) is 25.7 Å². The van der Waals surface area contributed by atoms with E-state index in [0.29, 0.717) is 0 Å². The molecule has 0 amide bonds. The third-order valence-electron chi connectivity index (χ3n) is 1.91. The highest BCUT2D eigenvalue weighted by atomic mass is 14.4. The third-order valence-corrected chi connectivity index (χ3v) is 1.91. The van der Waals surface area contributed by atoms with Gasteiger partial charge in [-0.25, -0.2) is 0 Å². The van der Waals surface area contributed by atoms with Crippen LogP contribution in [-0.4, -0.2) is 5.71 Å². The van der Waals surface area contributed by atoms with E-state index in [9.17, 15) is 0 Å². The zero-order chi connectivity index (χ0) is 8.10. The highest BCUT2D eigenvalue weighted by molar-refractivity contribution is 5.98. The lowest BCUT2D eigenvalue weighted by molar-refractivity contribution is 0.730. The molecule has 0 aromatic rings. The Labute approximate surface area is 67.6 Å². The van der Waals surface area contributed by atoms with Crippen LogP contribution in [-0.2, 0) is 0 Å². The molecule has 0 heterocycles. The van der Waals surface area contributed by atoms with E-state index < -0.39 is 0 Å². The van der Waals surface area contributed by atoms with Crippen LogP contribution in [0.4, 0.5) is 0 Å². The first kappa shape index (κ1) is 8.03. The van der Waals surface area contributed by atoms with Crippen molar-refractivity contribution in [2.75, 3.05) is 0 Å². The first-order chi connectivity index (χ1) is 5.34. The summed E-state index contributed by atoms with van der Waals surface area (Å²) in [5.41, 5.74) is 4.64. The Morgan fingerprint density at radius 3 is 2.73 bits per heavy atom. The van der Waals surface area contributed by atoms with Gasteiger partial charge in [0.1, 0.15) is 0 Å². The van der Waals surface area contributed by atoms with E-state index in [1.165, 1.54) is 12.8 Å². The molecule has 0 unspecified atom stereocenters. The smallest absolute Gasteiger partial charge is 0.0346 e. The molecule has 0 aromatic carbocycles. The fraction of sp³-hybridized carbons (Fsp3) is 0.400. The predicted molar refractivity (Wildman–Crippen MR) is 48.0 cm³/mol. The Morgan fingerprint density at radius 1 is 1.36 bits per heavy atom. The average Bonchev–Trinajstić information content (AvgIpc) is 2.03. The van der Waals surface area contributed by atoms with Crippen molar-refractivity contribution >= 4 is 5.71 Å². The van der Waals surface area contributed by atoms with Gasteiger partial charge in [0.25, 0.3) is 0 Å². The van der Waals surface area contributed by atoms with Gasteiger partial charge in [0.05, 0.1) is 0 Å². The van der Waals surface area contributed by atoms with Crippen LogP contribution in [0.15, 0.2) is 30.0 Å². The minimum Gasteiger partial charge on any atom is -0.305 e.